The maximum absolute atomic E-state index is 13.9. The van der Waals surface area contributed by atoms with Crippen molar-refractivity contribution in [1.82, 2.24) is 0 Å². The number of hydrogen-bond donors (Lipinski definition) is 1. The highest BCUT2D eigenvalue weighted by molar-refractivity contribution is 5.85. The third-order valence-electron chi connectivity index (χ3n) is 3.40. The third kappa shape index (κ3) is 2.63. The summed E-state index contributed by atoms with van der Waals surface area (Å²) in [5.74, 6) is -0.230. The molecule has 0 aliphatic carbocycles. The first-order chi connectivity index (χ1) is 10.1. The van der Waals surface area contributed by atoms with E-state index in [0.29, 0.717) is 16.9 Å². The maximum Gasteiger partial charge on any atom is 0.198 e. The number of para-hydroxylation sites is 1. The topological polar surface area (TPSA) is 56.2 Å². The summed E-state index contributed by atoms with van der Waals surface area (Å²) in [7, 11) is 0. The number of halogens is 2. The van der Waals surface area contributed by atoms with Gasteiger partial charge in [0.2, 0.25) is 0 Å². The van der Waals surface area contributed by atoms with Crippen LogP contribution in [0.3, 0.4) is 0 Å². The van der Waals surface area contributed by atoms with E-state index in [-0.39, 0.29) is 28.8 Å². The normalized spacial score (nSPS) is 12.0. The number of rotatable bonds is 2. The molecule has 0 radical (unpaired) electrons. The molecule has 0 fully saturated rings. The third-order valence-corrected chi connectivity index (χ3v) is 3.40. The lowest BCUT2D eigenvalue weighted by molar-refractivity contribution is 0.552. The highest BCUT2D eigenvalue weighted by atomic mass is 35.5. The van der Waals surface area contributed by atoms with E-state index in [9.17, 15) is 9.18 Å². The van der Waals surface area contributed by atoms with Crippen LogP contribution in [0.25, 0.3) is 22.3 Å². The predicted octanol–water partition coefficient (Wildman–Crippen LogP) is 4.04. The Hall–Kier alpha value is -2.17. The average molecular weight is 320 g/mol. The molecule has 3 aromatic rings. The van der Waals surface area contributed by atoms with Crippen molar-refractivity contribution >= 4 is 23.4 Å². The molecule has 114 valence electrons. The van der Waals surface area contributed by atoms with Crippen LogP contribution in [-0.2, 0) is 0 Å². The van der Waals surface area contributed by atoms with E-state index in [1.165, 1.54) is 12.1 Å². The minimum absolute atomic E-state index is 0. The minimum Gasteiger partial charge on any atom is -0.452 e. The second-order valence-corrected chi connectivity index (χ2v) is 4.95. The van der Waals surface area contributed by atoms with Crippen molar-refractivity contribution in [3.63, 3.8) is 0 Å². The Labute approximate surface area is 133 Å². The summed E-state index contributed by atoms with van der Waals surface area (Å²) in [6.07, 6.45) is 0. The summed E-state index contributed by atoms with van der Waals surface area (Å²) in [5.41, 5.74) is 6.67. The number of hydrogen-bond acceptors (Lipinski definition) is 3. The first-order valence-electron chi connectivity index (χ1n) is 6.66. The van der Waals surface area contributed by atoms with E-state index in [1.807, 2.05) is 18.2 Å². The molecule has 3 nitrogen and oxygen atoms in total. The molecule has 1 atom stereocenters. The number of nitrogens with two attached hydrogens (primary N) is 1. The average Bonchev–Trinajstić information content (AvgIpc) is 2.48. The lowest BCUT2D eigenvalue weighted by Gasteiger charge is -2.12. The Morgan fingerprint density at radius 1 is 1.09 bits per heavy atom. The highest BCUT2D eigenvalue weighted by Gasteiger charge is 2.20. The minimum atomic E-state index is -0.557. The molecule has 22 heavy (non-hydrogen) atoms. The van der Waals surface area contributed by atoms with Crippen molar-refractivity contribution in [2.24, 2.45) is 5.73 Å². The van der Waals surface area contributed by atoms with Crippen LogP contribution in [-0.4, -0.2) is 0 Å². The molecule has 0 saturated carbocycles. The number of fused-ring (bicyclic) bond motifs is 1. The molecule has 0 amide bonds. The fraction of sp³-hybridized carbons (Fsp3) is 0.118. The van der Waals surface area contributed by atoms with E-state index in [1.54, 1.807) is 25.1 Å². The molecule has 1 aromatic heterocycles. The molecule has 1 unspecified atom stereocenters. The maximum atomic E-state index is 13.9. The lowest BCUT2D eigenvalue weighted by Crippen LogP contribution is -2.19. The zero-order valence-corrected chi connectivity index (χ0v) is 12.7. The zero-order chi connectivity index (χ0) is 15.0. The van der Waals surface area contributed by atoms with E-state index >= 15 is 0 Å². The molecule has 0 bridgehead atoms. The van der Waals surface area contributed by atoms with Gasteiger partial charge in [-0.1, -0.05) is 36.4 Å². The van der Waals surface area contributed by atoms with Gasteiger partial charge in [-0.3, -0.25) is 4.79 Å². The predicted molar refractivity (Wildman–Crippen MR) is 87.7 cm³/mol. The first kappa shape index (κ1) is 16.2. The molecule has 2 aromatic carbocycles. The van der Waals surface area contributed by atoms with Crippen molar-refractivity contribution in [3.8, 4) is 11.3 Å². The van der Waals surface area contributed by atoms with E-state index in [2.05, 4.69) is 0 Å². The molecular weight excluding hydrogens is 305 g/mol. The second kappa shape index (κ2) is 6.30. The molecule has 5 heteroatoms. The van der Waals surface area contributed by atoms with Gasteiger partial charge in [-0.2, -0.15) is 0 Å². The van der Waals surface area contributed by atoms with Gasteiger partial charge >= 0.3 is 0 Å². The van der Waals surface area contributed by atoms with Gasteiger partial charge < -0.3 is 10.2 Å². The van der Waals surface area contributed by atoms with Crippen molar-refractivity contribution in [2.75, 3.05) is 0 Å². The Morgan fingerprint density at radius 3 is 2.41 bits per heavy atom. The summed E-state index contributed by atoms with van der Waals surface area (Å²) in [6, 6.07) is 12.9. The van der Waals surface area contributed by atoms with Crippen LogP contribution < -0.4 is 11.2 Å². The van der Waals surface area contributed by atoms with Gasteiger partial charge in [0.05, 0.1) is 10.9 Å². The largest absolute Gasteiger partial charge is 0.452 e. The summed E-state index contributed by atoms with van der Waals surface area (Å²) >= 11 is 0. The quantitative estimate of drug-likeness (QED) is 0.775. The summed E-state index contributed by atoms with van der Waals surface area (Å²) in [5, 5.41) is 0.210. The molecule has 3 rings (SSSR count). The van der Waals surface area contributed by atoms with E-state index in [0.717, 1.165) is 0 Å². The van der Waals surface area contributed by atoms with Crippen LogP contribution in [0.5, 0.6) is 0 Å². The van der Waals surface area contributed by atoms with E-state index in [4.69, 9.17) is 10.2 Å². The van der Waals surface area contributed by atoms with Gasteiger partial charge in [-0.05, 0) is 19.1 Å². The fourth-order valence-electron chi connectivity index (χ4n) is 2.41. The molecule has 0 saturated heterocycles. The van der Waals surface area contributed by atoms with Crippen molar-refractivity contribution < 1.29 is 8.81 Å². The van der Waals surface area contributed by atoms with Gasteiger partial charge in [-0.15, -0.1) is 12.4 Å². The smallest absolute Gasteiger partial charge is 0.198 e. The number of benzene rings is 2. The van der Waals surface area contributed by atoms with Crippen LogP contribution in [0.15, 0.2) is 57.7 Å². The second-order valence-electron chi connectivity index (χ2n) is 4.95. The van der Waals surface area contributed by atoms with Crippen LogP contribution >= 0.6 is 12.4 Å². The molecular formula is C17H15ClFNO2. The van der Waals surface area contributed by atoms with Crippen molar-refractivity contribution in [2.45, 2.75) is 13.0 Å². The molecule has 0 aliphatic heterocycles. The van der Waals surface area contributed by atoms with Crippen LogP contribution in [0.2, 0.25) is 0 Å². The summed E-state index contributed by atoms with van der Waals surface area (Å²) < 4.78 is 19.6. The molecule has 0 aliphatic rings. The molecule has 1 heterocycles. The molecule has 2 N–H and O–H groups in total. The Balaban J connectivity index is 0.00000176. The van der Waals surface area contributed by atoms with Gasteiger partial charge in [-0.25, -0.2) is 4.39 Å². The zero-order valence-electron chi connectivity index (χ0n) is 11.9. The van der Waals surface area contributed by atoms with Gasteiger partial charge in [0.1, 0.15) is 5.76 Å². The highest BCUT2D eigenvalue weighted by Crippen LogP contribution is 2.29. The SMILES string of the molecule is CC(N)c1c(-c2ccccc2)oc2c(F)cccc2c1=O.Cl. The van der Waals surface area contributed by atoms with Gasteiger partial charge in [0.25, 0.3) is 0 Å². The fourth-order valence-corrected chi connectivity index (χ4v) is 2.41. The monoisotopic (exact) mass is 319 g/mol. The van der Waals surface area contributed by atoms with Gasteiger partial charge in [0, 0.05) is 11.6 Å². The van der Waals surface area contributed by atoms with Crippen LogP contribution in [0.4, 0.5) is 4.39 Å². The summed E-state index contributed by atoms with van der Waals surface area (Å²) in [6.45, 7) is 1.71. The Kier molecular flexibility index (Phi) is 4.64. The Morgan fingerprint density at radius 2 is 1.77 bits per heavy atom. The molecule has 0 spiro atoms. The lowest BCUT2D eigenvalue weighted by atomic mass is 10.0. The van der Waals surface area contributed by atoms with Crippen molar-refractivity contribution in [3.05, 3.63) is 70.1 Å². The van der Waals surface area contributed by atoms with Crippen LogP contribution in [0, 0.1) is 5.82 Å². The standard InChI is InChI=1S/C17H14FNO2.ClH/c1-10(19)14-15(20)12-8-5-9-13(18)17(12)21-16(14)11-6-3-2-4-7-11;/h2-10H,19H2,1H3;1H. The summed E-state index contributed by atoms with van der Waals surface area (Å²) in [4.78, 5) is 12.6. The van der Waals surface area contributed by atoms with Gasteiger partial charge in [0.15, 0.2) is 16.8 Å². The Bertz CT molecular complexity index is 860. The van der Waals surface area contributed by atoms with Crippen molar-refractivity contribution in [1.29, 1.82) is 0 Å². The first-order valence-corrected chi connectivity index (χ1v) is 6.66. The van der Waals surface area contributed by atoms with Crippen LogP contribution in [0.1, 0.15) is 18.5 Å². The van der Waals surface area contributed by atoms with E-state index < -0.39 is 11.9 Å².